The van der Waals surface area contributed by atoms with E-state index in [-0.39, 0.29) is 5.91 Å². The van der Waals surface area contributed by atoms with E-state index in [1.807, 2.05) is 60.1 Å². The summed E-state index contributed by atoms with van der Waals surface area (Å²) in [5.41, 5.74) is 3.22. The number of likely N-dealkylation sites (tertiary alicyclic amines) is 1. The lowest BCUT2D eigenvalue weighted by Crippen LogP contribution is -2.42. The molecule has 0 aliphatic carbocycles. The SMILES string of the molecule is CN(C[C@H]1CCCN(CCc2ccc(Cl)cc2)C1)C(=O)c1cn(C)c2ccccc12. The Bertz CT molecular complexity index is 1010. The van der Waals surface area contributed by atoms with Crippen molar-refractivity contribution in [2.24, 2.45) is 13.0 Å². The average Bonchev–Trinajstić information content (AvgIpc) is 3.10. The minimum absolute atomic E-state index is 0.116. The first-order chi connectivity index (χ1) is 14.5. The monoisotopic (exact) mass is 423 g/mol. The van der Waals surface area contributed by atoms with Crippen molar-refractivity contribution in [3.05, 3.63) is 70.9 Å². The Hall–Kier alpha value is -2.30. The molecular weight excluding hydrogens is 394 g/mol. The number of fused-ring (bicyclic) bond motifs is 1. The molecule has 0 unspecified atom stereocenters. The summed E-state index contributed by atoms with van der Waals surface area (Å²) >= 11 is 5.99. The van der Waals surface area contributed by atoms with Gasteiger partial charge in [0.25, 0.3) is 5.91 Å². The number of amides is 1. The van der Waals surface area contributed by atoms with Crippen LogP contribution in [0.3, 0.4) is 0 Å². The minimum Gasteiger partial charge on any atom is -0.350 e. The number of hydrogen-bond donors (Lipinski definition) is 0. The van der Waals surface area contributed by atoms with Crippen LogP contribution < -0.4 is 0 Å². The minimum atomic E-state index is 0.116. The summed E-state index contributed by atoms with van der Waals surface area (Å²) in [6.45, 7) is 4.06. The average molecular weight is 424 g/mol. The Morgan fingerprint density at radius 1 is 1.17 bits per heavy atom. The lowest BCUT2D eigenvalue weighted by molar-refractivity contribution is 0.0732. The number of benzene rings is 2. The number of carbonyl (C=O) groups excluding carboxylic acids is 1. The molecule has 4 nitrogen and oxygen atoms in total. The first-order valence-corrected chi connectivity index (χ1v) is 11.2. The third-order valence-corrected chi connectivity index (χ3v) is 6.49. The van der Waals surface area contributed by atoms with E-state index in [9.17, 15) is 4.79 Å². The van der Waals surface area contributed by atoms with E-state index < -0.39 is 0 Å². The topological polar surface area (TPSA) is 28.5 Å². The third kappa shape index (κ3) is 4.71. The van der Waals surface area contributed by atoms with Gasteiger partial charge in [-0.15, -0.1) is 0 Å². The quantitative estimate of drug-likeness (QED) is 0.566. The number of hydrogen-bond acceptors (Lipinski definition) is 2. The molecule has 1 saturated heterocycles. The van der Waals surface area contributed by atoms with Crippen molar-refractivity contribution in [3.63, 3.8) is 0 Å². The molecule has 0 bridgehead atoms. The maximum Gasteiger partial charge on any atom is 0.255 e. The molecule has 0 radical (unpaired) electrons. The summed E-state index contributed by atoms with van der Waals surface area (Å²) in [5.74, 6) is 0.637. The number of nitrogens with zero attached hydrogens (tertiary/aromatic N) is 3. The smallest absolute Gasteiger partial charge is 0.255 e. The first-order valence-electron chi connectivity index (χ1n) is 10.8. The number of halogens is 1. The van der Waals surface area contributed by atoms with Crippen LogP contribution in [-0.2, 0) is 13.5 Å². The standard InChI is InChI=1S/C25H30ClN3O/c1-27-18-23(22-7-3-4-8-24(22)27)25(30)28(2)16-20-6-5-14-29(17-20)15-13-19-9-11-21(26)12-10-19/h3-4,7-12,18,20H,5-6,13-17H2,1-2H3/t20-/m1/s1. The van der Waals surface area contributed by atoms with E-state index in [2.05, 4.69) is 23.1 Å². The predicted octanol–water partition coefficient (Wildman–Crippen LogP) is 4.86. The van der Waals surface area contributed by atoms with Crippen molar-refractivity contribution in [1.29, 1.82) is 0 Å². The largest absolute Gasteiger partial charge is 0.350 e. The molecule has 2 heterocycles. The highest BCUT2D eigenvalue weighted by Crippen LogP contribution is 2.23. The maximum atomic E-state index is 13.2. The number of piperidine rings is 1. The number of para-hydroxylation sites is 1. The molecule has 30 heavy (non-hydrogen) atoms. The molecule has 0 spiro atoms. The molecule has 1 aliphatic rings. The predicted molar refractivity (Wildman–Crippen MR) is 124 cm³/mol. The number of aromatic nitrogens is 1. The number of rotatable bonds is 6. The Balaban J connectivity index is 1.35. The molecule has 1 aliphatic heterocycles. The molecule has 2 aromatic carbocycles. The molecule has 4 rings (SSSR count). The summed E-state index contributed by atoms with van der Waals surface area (Å²) in [6, 6.07) is 16.3. The van der Waals surface area contributed by atoms with Crippen LogP contribution >= 0.6 is 11.6 Å². The van der Waals surface area contributed by atoms with E-state index in [4.69, 9.17) is 11.6 Å². The van der Waals surface area contributed by atoms with Crippen molar-refractivity contribution < 1.29 is 4.79 Å². The van der Waals surface area contributed by atoms with Crippen LogP contribution in [0.5, 0.6) is 0 Å². The van der Waals surface area contributed by atoms with E-state index in [0.29, 0.717) is 5.92 Å². The zero-order valence-corrected chi connectivity index (χ0v) is 18.6. The van der Waals surface area contributed by atoms with Gasteiger partial charge in [0.15, 0.2) is 0 Å². The molecule has 5 heteroatoms. The summed E-state index contributed by atoms with van der Waals surface area (Å²) in [4.78, 5) is 17.6. The summed E-state index contributed by atoms with van der Waals surface area (Å²) in [7, 11) is 3.94. The highest BCUT2D eigenvalue weighted by molar-refractivity contribution is 6.30. The van der Waals surface area contributed by atoms with Gasteiger partial charge >= 0.3 is 0 Å². The second kappa shape index (κ2) is 9.23. The van der Waals surface area contributed by atoms with Gasteiger partial charge in [0, 0.05) is 55.9 Å². The van der Waals surface area contributed by atoms with Crippen LogP contribution in [0.2, 0.25) is 5.02 Å². The molecule has 1 amide bonds. The second-order valence-electron chi connectivity index (χ2n) is 8.54. The van der Waals surface area contributed by atoms with Gasteiger partial charge in [-0.05, 0) is 55.5 Å². The van der Waals surface area contributed by atoms with Crippen LogP contribution in [0.1, 0.15) is 28.8 Å². The molecule has 1 atom stereocenters. The summed E-state index contributed by atoms with van der Waals surface area (Å²) < 4.78 is 2.04. The van der Waals surface area contributed by atoms with Crippen molar-refractivity contribution in [3.8, 4) is 0 Å². The van der Waals surface area contributed by atoms with Crippen molar-refractivity contribution in [1.82, 2.24) is 14.4 Å². The number of carbonyl (C=O) groups is 1. The fourth-order valence-electron chi connectivity index (χ4n) is 4.63. The van der Waals surface area contributed by atoms with Gasteiger partial charge in [-0.1, -0.05) is 41.9 Å². The Kier molecular flexibility index (Phi) is 6.45. The highest BCUT2D eigenvalue weighted by Gasteiger charge is 2.24. The second-order valence-corrected chi connectivity index (χ2v) is 8.98. The fraction of sp³-hybridized carbons (Fsp3) is 0.400. The Morgan fingerprint density at radius 2 is 1.93 bits per heavy atom. The van der Waals surface area contributed by atoms with Gasteiger partial charge in [0.1, 0.15) is 0 Å². The van der Waals surface area contributed by atoms with E-state index >= 15 is 0 Å². The normalized spacial score (nSPS) is 17.4. The highest BCUT2D eigenvalue weighted by atomic mass is 35.5. The Labute approximate surface area is 184 Å². The van der Waals surface area contributed by atoms with Crippen LogP contribution in [0.4, 0.5) is 0 Å². The van der Waals surface area contributed by atoms with Gasteiger partial charge < -0.3 is 14.4 Å². The maximum absolute atomic E-state index is 13.2. The van der Waals surface area contributed by atoms with Gasteiger partial charge in [0.2, 0.25) is 0 Å². The van der Waals surface area contributed by atoms with Gasteiger partial charge in [-0.3, -0.25) is 4.79 Å². The zero-order chi connectivity index (χ0) is 21.1. The van der Waals surface area contributed by atoms with E-state index in [1.54, 1.807) is 0 Å². The number of aryl methyl sites for hydroxylation is 1. The van der Waals surface area contributed by atoms with Crippen LogP contribution in [-0.4, -0.2) is 53.5 Å². The summed E-state index contributed by atoms with van der Waals surface area (Å²) in [6.07, 6.45) is 5.38. The fourth-order valence-corrected chi connectivity index (χ4v) is 4.76. The van der Waals surface area contributed by atoms with Gasteiger partial charge in [-0.25, -0.2) is 0 Å². The van der Waals surface area contributed by atoms with Crippen molar-refractivity contribution in [2.75, 3.05) is 33.2 Å². The molecule has 1 fully saturated rings. The lowest BCUT2D eigenvalue weighted by Gasteiger charge is -2.34. The zero-order valence-electron chi connectivity index (χ0n) is 17.9. The van der Waals surface area contributed by atoms with Crippen LogP contribution in [0.25, 0.3) is 10.9 Å². The Morgan fingerprint density at radius 3 is 2.73 bits per heavy atom. The molecular formula is C25H30ClN3O. The van der Waals surface area contributed by atoms with Crippen molar-refractivity contribution in [2.45, 2.75) is 19.3 Å². The molecule has 3 aromatic rings. The third-order valence-electron chi connectivity index (χ3n) is 6.24. The van der Waals surface area contributed by atoms with Gasteiger partial charge in [-0.2, -0.15) is 0 Å². The van der Waals surface area contributed by atoms with Crippen LogP contribution in [0, 0.1) is 5.92 Å². The van der Waals surface area contributed by atoms with Crippen molar-refractivity contribution >= 4 is 28.4 Å². The van der Waals surface area contributed by atoms with Gasteiger partial charge in [0.05, 0.1) is 5.56 Å². The summed E-state index contributed by atoms with van der Waals surface area (Å²) in [5, 5.41) is 1.82. The molecule has 158 valence electrons. The molecule has 0 saturated carbocycles. The molecule has 1 aromatic heterocycles. The molecule has 0 N–H and O–H groups in total. The van der Waals surface area contributed by atoms with E-state index in [0.717, 1.165) is 54.1 Å². The lowest BCUT2D eigenvalue weighted by atomic mass is 9.96. The first kappa shape index (κ1) is 21.0. The van der Waals surface area contributed by atoms with E-state index in [1.165, 1.54) is 18.4 Å². The van der Waals surface area contributed by atoms with Crippen LogP contribution in [0.15, 0.2) is 54.7 Å².